The van der Waals surface area contributed by atoms with E-state index in [1.165, 1.54) is 6.33 Å². The number of aromatic amines is 1. The Morgan fingerprint density at radius 1 is 1.50 bits per heavy atom. The highest BCUT2D eigenvalue weighted by Crippen LogP contribution is 2.14. The van der Waals surface area contributed by atoms with Crippen LogP contribution in [0.15, 0.2) is 6.33 Å². The molecule has 0 saturated carbocycles. The lowest BCUT2D eigenvalue weighted by Crippen LogP contribution is -2.31. The van der Waals surface area contributed by atoms with Crippen molar-refractivity contribution in [2.45, 2.75) is 26.7 Å². The van der Waals surface area contributed by atoms with Crippen molar-refractivity contribution < 1.29 is 14.7 Å². The Kier molecular flexibility index (Phi) is 5.29. The maximum absolute atomic E-state index is 11.6. The molecule has 0 aromatic carbocycles. The van der Waals surface area contributed by atoms with Crippen LogP contribution >= 0.6 is 0 Å². The summed E-state index contributed by atoms with van der Waals surface area (Å²) in [7, 11) is 0. The summed E-state index contributed by atoms with van der Waals surface area (Å²) in [6.07, 6.45) is 2.05. The molecule has 3 N–H and O–H groups in total. The number of hydrogen-bond acceptors (Lipinski definition) is 4. The first kappa shape index (κ1) is 14.1. The number of aromatic nitrogens is 3. The molecule has 0 spiro atoms. The van der Waals surface area contributed by atoms with Crippen LogP contribution in [0, 0.1) is 11.8 Å². The molecule has 0 bridgehead atoms. The summed E-state index contributed by atoms with van der Waals surface area (Å²) in [5.74, 6) is -0.777. The second kappa shape index (κ2) is 6.73. The third kappa shape index (κ3) is 4.94. The minimum absolute atomic E-state index is 0.0505. The Labute approximate surface area is 105 Å². The van der Waals surface area contributed by atoms with E-state index in [-0.39, 0.29) is 24.1 Å². The minimum atomic E-state index is -0.852. The summed E-state index contributed by atoms with van der Waals surface area (Å²) in [5.41, 5.74) is 0. The summed E-state index contributed by atoms with van der Waals surface area (Å²) in [6, 6.07) is 0. The van der Waals surface area contributed by atoms with Gasteiger partial charge in [-0.3, -0.25) is 14.7 Å². The number of nitrogens with one attached hydrogen (secondary N) is 2. The first-order valence-corrected chi connectivity index (χ1v) is 5.84. The molecule has 0 aliphatic rings. The zero-order valence-corrected chi connectivity index (χ0v) is 10.5. The molecule has 1 aromatic heterocycles. The first-order chi connectivity index (χ1) is 8.49. The smallest absolute Gasteiger partial charge is 0.303 e. The fraction of sp³-hybridized carbons (Fsp3) is 0.636. The predicted molar refractivity (Wildman–Crippen MR) is 63.9 cm³/mol. The summed E-state index contributed by atoms with van der Waals surface area (Å²) >= 11 is 0. The molecule has 1 rings (SSSR count). The van der Waals surface area contributed by atoms with Gasteiger partial charge >= 0.3 is 5.97 Å². The number of aliphatic carboxylic acids is 1. The van der Waals surface area contributed by atoms with Gasteiger partial charge in [-0.25, -0.2) is 4.98 Å². The normalized spacial score (nSPS) is 12.4. The average molecular weight is 254 g/mol. The van der Waals surface area contributed by atoms with Gasteiger partial charge in [-0.05, 0) is 18.3 Å². The quantitative estimate of drug-likeness (QED) is 0.662. The van der Waals surface area contributed by atoms with Gasteiger partial charge in [-0.15, -0.1) is 0 Å². The number of carboxylic acids is 1. The van der Waals surface area contributed by atoms with Crippen molar-refractivity contribution in [3.8, 4) is 0 Å². The topological polar surface area (TPSA) is 108 Å². The zero-order chi connectivity index (χ0) is 13.5. The van der Waals surface area contributed by atoms with Gasteiger partial charge in [-0.1, -0.05) is 13.8 Å². The number of rotatable bonds is 7. The highest BCUT2D eigenvalue weighted by atomic mass is 16.4. The molecule has 100 valence electrons. The van der Waals surface area contributed by atoms with Gasteiger partial charge in [0.2, 0.25) is 5.82 Å². The Hall–Kier alpha value is -1.92. The van der Waals surface area contributed by atoms with Gasteiger partial charge in [0.1, 0.15) is 6.33 Å². The largest absolute Gasteiger partial charge is 0.481 e. The molecule has 0 aliphatic heterocycles. The Morgan fingerprint density at radius 2 is 2.22 bits per heavy atom. The molecular weight excluding hydrogens is 236 g/mol. The standard InChI is InChI=1S/C11H18N4O3/c1-7(2)3-8(4-9(16)17)5-12-11(18)10-13-6-14-15-10/h6-8H,3-5H2,1-2H3,(H,12,18)(H,16,17)(H,13,14,15)/t8-/m0/s1. The number of amides is 1. The fourth-order valence-corrected chi connectivity index (χ4v) is 1.79. The van der Waals surface area contributed by atoms with Gasteiger partial charge in [0, 0.05) is 13.0 Å². The van der Waals surface area contributed by atoms with Crippen molar-refractivity contribution in [2.75, 3.05) is 6.54 Å². The highest BCUT2D eigenvalue weighted by molar-refractivity contribution is 5.90. The van der Waals surface area contributed by atoms with Crippen LogP contribution in [0.4, 0.5) is 0 Å². The van der Waals surface area contributed by atoms with Crippen LogP contribution in [0.2, 0.25) is 0 Å². The SMILES string of the molecule is CC(C)C[C@H](CNC(=O)c1ncn[nH]1)CC(=O)O. The van der Waals surface area contributed by atoms with E-state index in [0.29, 0.717) is 12.5 Å². The number of carboxylic acid groups (broad SMARTS) is 1. The van der Waals surface area contributed by atoms with E-state index in [1.54, 1.807) is 0 Å². The van der Waals surface area contributed by atoms with Gasteiger partial charge in [0.15, 0.2) is 0 Å². The zero-order valence-electron chi connectivity index (χ0n) is 10.5. The molecule has 7 nitrogen and oxygen atoms in total. The van der Waals surface area contributed by atoms with Crippen molar-refractivity contribution in [1.29, 1.82) is 0 Å². The van der Waals surface area contributed by atoms with Crippen LogP contribution in [0.5, 0.6) is 0 Å². The third-order valence-electron chi connectivity index (χ3n) is 2.45. The molecule has 0 fully saturated rings. The number of hydrogen-bond donors (Lipinski definition) is 3. The Balaban J connectivity index is 2.45. The van der Waals surface area contributed by atoms with Crippen LogP contribution in [0.3, 0.4) is 0 Å². The Morgan fingerprint density at radius 3 is 2.72 bits per heavy atom. The van der Waals surface area contributed by atoms with Crippen molar-refractivity contribution in [1.82, 2.24) is 20.5 Å². The summed E-state index contributed by atoms with van der Waals surface area (Å²) < 4.78 is 0. The highest BCUT2D eigenvalue weighted by Gasteiger charge is 2.17. The lowest BCUT2D eigenvalue weighted by Gasteiger charge is -2.17. The van der Waals surface area contributed by atoms with Gasteiger partial charge < -0.3 is 10.4 Å². The van der Waals surface area contributed by atoms with Crippen molar-refractivity contribution >= 4 is 11.9 Å². The predicted octanol–water partition coefficient (Wildman–Crippen LogP) is 0.671. The number of H-pyrrole nitrogens is 1. The molecule has 18 heavy (non-hydrogen) atoms. The van der Waals surface area contributed by atoms with Crippen LogP contribution in [0.25, 0.3) is 0 Å². The number of carbonyl (C=O) groups is 2. The van der Waals surface area contributed by atoms with E-state index in [0.717, 1.165) is 6.42 Å². The van der Waals surface area contributed by atoms with Gasteiger partial charge in [0.25, 0.3) is 5.91 Å². The van der Waals surface area contributed by atoms with E-state index >= 15 is 0 Å². The fourth-order valence-electron chi connectivity index (χ4n) is 1.79. The average Bonchev–Trinajstić information content (AvgIpc) is 2.77. The molecule has 0 aliphatic carbocycles. The Bertz CT molecular complexity index is 389. The van der Waals surface area contributed by atoms with E-state index in [4.69, 9.17) is 5.11 Å². The molecule has 7 heteroatoms. The molecule has 1 aromatic rings. The maximum Gasteiger partial charge on any atom is 0.303 e. The van der Waals surface area contributed by atoms with Gasteiger partial charge in [-0.2, -0.15) is 5.10 Å². The summed E-state index contributed by atoms with van der Waals surface area (Å²) in [6.45, 7) is 4.37. The molecular formula is C11H18N4O3. The van der Waals surface area contributed by atoms with Crippen LogP contribution in [0.1, 0.15) is 37.3 Å². The van der Waals surface area contributed by atoms with E-state index in [9.17, 15) is 9.59 Å². The second-order valence-electron chi connectivity index (χ2n) is 4.64. The van der Waals surface area contributed by atoms with Gasteiger partial charge in [0.05, 0.1) is 0 Å². The van der Waals surface area contributed by atoms with Crippen molar-refractivity contribution in [3.05, 3.63) is 12.2 Å². The summed E-state index contributed by atoms with van der Waals surface area (Å²) in [4.78, 5) is 26.0. The number of nitrogens with zero attached hydrogens (tertiary/aromatic N) is 2. The minimum Gasteiger partial charge on any atom is -0.481 e. The molecule has 1 heterocycles. The number of carbonyl (C=O) groups excluding carboxylic acids is 1. The molecule has 0 radical (unpaired) electrons. The first-order valence-electron chi connectivity index (χ1n) is 5.84. The third-order valence-corrected chi connectivity index (χ3v) is 2.45. The van der Waals surface area contributed by atoms with Crippen LogP contribution < -0.4 is 5.32 Å². The van der Waals surface area contributed by atoms with Crippen molar-refractivity contribution in [3.63, 3.8) is 0 Å². The second-order valence-corrected chi connectivity index (χ2v) is 4.64. The lowest BCUT2D eigenvalue weighted by molar-refractivity contribution is -0.138. The van der Waals surface area contributed by atoms with Crippen molar-refractivity contribution in [2.24, 2.45) is 11.8 Å². The monoisotopic (exact) mass is 254 g/mol. The van der Waals surface area contributed by atoms with Crippen LogP contribution in [-0.4, -0.2) is 38.7 Å². The maximum atomic E-state index is 11.6. The van der Waals surface area contributed by atoms with E-state index < -0.39 is 5.97 Å². The molecule has 1 amide bonds. The summed E-state index contributed by atoms with van der Waals surface area (Å²) in [5, 5.41) is 17.5. The lowest BCUT2D eigenvalue weighted by atomic mass is 9.94. The molecule has 1 atom stereocenters. The molecule has 0 unspecified atom stereocenters. The van der Waals surface area contributed by atoms with Crippen LogP contribution in [-0.2, 0) is 4.79 Å². The van der Waals surface area contributed by atoms with E-state index in [2.05, 4.69) is 20.5 Å². The molecule has 0 saturated heterocycles. The van der Waals surface area contributed by atoms with E-state index in [1.807, 2.05) is 13.8 Å².